The lowest BCUT2D eigenvalue weighted by Crippen LogP contribution is -2.55. The highest BCUT2D eigenvalue weighted by Gasteiger charge is 2.34. The van der Waals surface area contributed by atoms with Crippen molar-refractivity contribution in [3.63, 3.8) is 0 Å². The van der Waals surface area contributed by atoms with Gasteiger partial charge in [-0.2, -0.15) is 0 Å². The molecule has 3 aromatic carbocycles. The summed E-state index contributed by atoms with van der Waals surface area (Å²) in [5.74, 6) is -6.54. The van der Waals surface area contributed by atoms with Crippen molar-refractivity contribution in [3.05, 3.63) is 82.9 Å². The van der Waals surface area contributed by atoms with Crippen LogP contribution < -0.4 is 21.3 Å². The number of aromatic hydroxyl groups is 2. The van der Waals surface area contributed by atoms with E-state index >= 15 is 0 Å². The van der Waals surface area contributed by atoms with Crippen LogP contribution in [0.15, 0.2) is 60.7 Å². The van der Waals surface area contributed by atoms with E-state index in [9.17, 15) is 54.0 Å². The summed E-state index contributed by atoms with van der Waals surface area (Å²) in [6, 6.07) is 8.56. The van der Waals surface area contributed by atoms with Gasteiger partial charge in [0.25, 0.3) is 5.91 Å². The summed E-state index contributed by atoms with van der Waals surface area (Å²) in [5, 5.41) is 51.4. The van der Waals surface area contributed by atoms with Crippen molar-refractivity contribution in [2.45, 2.75) is 115 Å². The van der Waals surface area contributed by atoms with Crippen LogP contribution in [0.5, 0.6) is 11.5 Å². The number of hydrogen-bond acceptors (Lipinski definition) is 10. The molecule has 0 saturated carbocycles. The third kappa shape index (κ3) is 13.5. The first-order chi connectivity index (χ1) is 30.5. The number of carbonyl (C=O) groups excluding carboxylic acids is 6. The smallest absolute Gasteiger partial charge is 0.326 e. The van der Waals surface area contributed by atoms with Crippen LogP contribution >= 0.6 is 0 Å². The number of aliphatic carboxylic acids is 1. The highest BCUT2D eigenvalue weighted by atomic mass is 16.4. The monoisotopic (exact) mass is 886 g/mol. The summed E-state index contributed by atoms with van der Waals surface area (Å²) in [6.45, 7) is 3.47. The number of benzene rings is 3. The Balaban J connectivity index is 1.40. The zero-order valence-electron chi connectivity index (χ0n) is 37.2. The number of hydrogen-bond donors (Lipinski definition) is 8. The first-order valence-electron chi connectivity index (χ1n) is 21.8. The molecule has 346 valence electrons. The van der Waals surface area contributed by atoms with Crippen LogP contribution in [0.2, 0.25) is 0 Å². The molecule has 1 aliphatic heterocycles. The predicted octanol–water partition coefficient (Wildman–Crippen LogP) is 3.33. The lowest BCUT2D eigenvalue weighted by Gasteiger charge is -2.30. The molecule has 0 aromatic heterocycles. The van der Waals surface area contributed by atoms with Gasteiger partial charge in [0.05, 0.1) is 13.2 Å². The predicted molar refractivity (Wildman–Crippen MR) is 238 cm³/mol. The Morgan fingerprint density at radius 3 is 2.03 bits per heavy atom. The second kappa shape index (κ2) is 23.8. The molecule has 0 radical (unpaired) electrons. The molecule has 1 heterocycles. The number of aryl methyl sites for hydroxylation is 1. The maximum Gasteiger partial charge on any atom is 0.326 e. The molecule has 0 fully saturated rings. The highest BCUT2D eigenvalue weighted by molar-refractivity contribution is 5.99. The molecular formula is C47H62N6O11. The quantitative estimate of drug-likeness (QED) is 0.0811. The van der Waals surface area contributed by atoms with Crippen molar-refractivity contribution in [2.75, 3.05) is 27.2 Å². The minimum atomic E-state index is -1.48. The van der Waals surface area contributed by atoms with Gasteiger partial charge >= 0.3 is 5.97 Å². The van der Waals surface area contributed by atoms with Gasteiger partial charge in [-0.25, -0.2) is 4.79 Å². The molecule has 6 amide bonds. The number of carboxylic acid groups (broad SMARTS) is 1. The fraction of sp³-hybridized carbons (Fsp3) is 0.468. The molecule has 0 unspecified atom stereocenters. The number of unbranched alkanes of at least 4 members (excludes halogenated alkanes) is 7. The van der Waals surface area contributed by atoms with Gasteiger partial charge in [-0.1, -0.05) is 76.1 Å². The zero-order chi connectivity index (χ0) is 47.1. The van der Waals surface area contributed by atoms with Crippen molar-refractivity contribution in [1.29, 1.82) is 0 Å². The summed E-state index contributed by atoms with van der Waals surface area (Å²) in [5.41, 5.74) is 2.12. The fourth-order valence-corrected chi connectivity index (χ4v) is 7.47. The van der Waals surface area contributed by atoms with Gasteiger partial charge < -0.3 is 51.5 Å². The molecule has 8 N–H and O–H groups in total. The molecule has 0 aliphatic carbocycles. The molecule has 0 spiro atoms. The van der Waals surface area contributed by atoms with E-state index in [2.05, 4.69) is 28.2 Å². The van der Waals surface area contributed by atoms with Crippen molar-refractivity contribution >= 4 is 41.4 Å². The molecule has 0 saturated heterocycles. The number of aliphatic hydroxyl groups excluding tert-OH is 1. The number of rotatable bonds is 19. The van der Waals surface area contributed by atoms with Crippen LogP contribution in [0.3, 0.4) is 0 Å². The summed E-state index contributed by atoms with van der Waals surface area (Å²) in [6.07, 6.45) is 10.4. The van der Waals surface area contributed by atoms with Crippen LogP contribution in [0, 0.1) is 0 Å². The minimum absolute atomic E-state index is 0.0603. The number of amides is 6. The lowest BCUT2D eigenvalue weighted by molar-refractivity contribution is -0.143. The van der Waals surface area contributed by atoms with Crippen LogP contribution in [0.4, 0.5) is 0 Å². The average molecular weight is 887 g/mol. The SMILES string of the molecule is CCCCCCCCCCc1ccc(C(=O)N(C)[C@H](CO)C(=O)N[C@H](C)C(=O)NCC(=O)N(C)[C@@H]2C(=O)N[C@@H](C)C(=O)N[C@H](C(=O)O)Cc3ccc(O)c(c3)-c3cc2ccc3O)cc1. The van der Waals surface area contributed by atoms with Gasteiger partial charge in [-0.05, 0) is 79.8 Å². The third-order valence-corrected chi connectivity index (χ3v) is 11.5. The average Bonchev–Trinajstić information content (AvgIpc) is 3.26. The van der Waals surface area contributed by atoms with Crippen molar-refractivity contribution < 1.29 is 54.0 Å². The number of nitrogens with one attached hydrogen (secondary N) is 4. The highest BCUT2D eigenvalue weighted by Crippen LogP contribution is 2.38. The topological polar surface area (TPSA) is 255 Å². The normalized spacial score (nSPS) is 17.1. The lowest BCUT2D eigenvalue weighted by atomic mass is 9.94. The van der Waals surface area contributed by atoms with E-state index in [0.29, 0.717) is 11.1 Å². The Morgan fingerprint density at radius 2 is 1.41 bits per heavy atom. The van der Waals surface area contributed by atoms with Crippen LogP contribution in [-0.2, 0) is 41.6 Å². The molecule has 4 rings (SSSR count). The number of phenols is 2. The number of phenolic OH excluding ortho intramolecular Hbond substituents is 2. The Bertz CT molecular complexity index is 2150. The molecule has 64 heavy (non-hydrogen) atoms. The molecule has 1 aliphatic rings. The minimum Gasteiger partial charge on any atom is -0.507 e. The van der Waals surface area contributed by atoms with Crippen LogP contribution in [0.25, 0.3) is 11.1 Å². The summed E-state index contributed by atoms with van der Waals surface area (Å²) in [7, 11) is 2.64. The van der Waals surface area contributed by atoms with E-state index in [1.807, 2.05) is 12.1 Å². The maximum absolute atomic E-state index is 13.9. The van der Waals surface area contributed by atoms with Crippen LogP contribution in [-0.4, -0.2) is 123 Å². The van der Waals surface area contributed by atoms with E-state index in [4.69, 9.17) is 0 Å². The fourth-order valence-electron chi connectivity index (χ4n) is 7.47. The standard InChI is InChI=1S/C47H62N6O11/c1-6-7-8-9-10-11-12-13-14-30-15-18-32(19-16-30)46(62)52(4)37(27-54)44(60)49-28(2)42(58)48-26-40(57)53(5)41-33-20-22-39(56)35(25-33)34-23-31(17-21-38(34)55)24-36(47(63)64)51-43(59)29(3)50-45(41)61/h15-23,25,28-29,36-37,41,54-56H,6-14,24,26-27H2,1-5H3,(H,48,58)(H,49,60)(H,50,61)(H,51,59)(H,63,64)/t28-,29+,36+,37-,41+/m1/s1. The Kier molecular flexibility index (Phi) is 18.7. The first-order valence-corrected chi connectivity index (χ1v) is 21.8. The molecule has 17 heteroatoms. The number of fused-ring (bicyclic) bond motifs is 5. The van der Waals surface area contributed by atoms with E-state index in [1.54, 1.807) is 12.1 Å². The van der Waals surface area contributed by atoms with E-state index in [1.165, 1.54) is 103 Å². The largest absolute Gasteiger partial charge is 0.507 e. The van der Waals surface area contributed by atoms with Crippen LogP contribution in [0.1, 0.15) is 105 Å². The van der Waals surface area contributed by atoms with Crippen molar-refractivity contribution in [3.8, 4) is 22.6 Å². The number of nitrogens with zero attached hydrogens (tertiary/aromatic N) is 2. The number of carboxylic acids is 1. The zero-order valence-corrected chi connectivity index (χ0v) is 37.2. The van der Waals surface area contributed by atoms with Gasteiger partial charge in [0, 0.05) is 37.2 Å². The summed E-state index contributed by atoms with van der Waals surface area (Å²) in [4.78, 5) is 94.6. The first kappa shape index (κ1) is 50.2. The van der Waals surface area contributed by atoms with E-state index < -0.39 is 84.8 Å². The Hall–Kier alpha value is -6.49. The van der Waals surface area contributed by atoms with Gasteiger partial charge in [0.2, 0.25) is 29.5 Å². The van der Waals surface area contributed by atoms with Gasteiger partial charge in [-0.15, -0.1) is 0 Å². The molecular weight excluding hydrogens is 825 g/mol. The van der Waals surface area contributed by atoms with Gasteiger partial charge in [0.1, 0.15) is 41.7 Å². The Morgan fingerprint density at radius 1 is 0.797 bits per heavy atom. The Labute approximate surface area is 373 Å². The molecule has 4 bridgehead atoms. The molecule has 3 aromatic rings. The molecule has 17 nitrogen and oxygen atoms in total. The summed E-state index contributed by atoms with van der Waals surface area (Å²) < 4.78 is 0. The van der Waals surface area contributed by atoms with E-state index in [-0.39, 0.29) is 34.6 Å². The second-order valence-corrected chi connectivity index (χ2v) is 16.4. The van der Waals surface area contributed by atoms with Crippen molar-refractivity contribution in [1.82, 2.24) is 31.1 Å². The summed E-state index contributed by atoms with van der Waals surface area (Å²) >= 11 is 0. The number of likely N-dealkylation sites (N-methyl/N-ethyl adjacent to an activating group) is 2. The third-order valence-electron chi connectivity index (χ3n) is 11.5. The maximum atomic E-state index is 13.9. The van der Waals surface area contributed by atoms with Gasteiger partial charge in [0.15, 0.2) is 0 Å². The van der Waals surface area contributed by atoms with Crippen molar-refractivity contribution in [2.24, 2.45) is 0 Å². The number of carbonyl (C=O) groups is 7. The van der Waals surface area contributed by atoms with E-state index in [0.717, 1.165) is 34.6 Å². The number of aliphatic hydroxyl groups is 1. The van der Waals surface area contributed by atoms with Gasteiger partial charge in [-0.3, -0.25) is 28.8 Å². The molecule has 5 atom stereocenters. The second-order valence-electron chi connectivity index (χ2n) is 16.4.